The molecule has 0 saturated heterocycles. The van der Waals surface area contributed by atoms with Crippen LogP contribution in [0, 0.1) is 6.92 Å². The van der Waals surface area contributed by atoms with Crippen LogP contribution in [0.3, 0.4) is 0 Å². The van der Waals surface area contributed by atoms with Gasteiger partial charge in [-0.25, -0.2) is 4.98 Å². The third-order valence-corrected chi connectivity index (χ3v) is 4.30. The number of hydrogen-bond acceptors (Lipinski definition) is 4. The van der Waals surface area contributed by atoms with Crippen LogP contribution in [0.5, 0.6) is 0 Å². The van der Waals surface area contributed by atoms with Crippen molar-refractivity contribution in [3.8, 4) is 11.3 Å². The van der Waals surface area contributed by atoms with Crippen LogP contribution in [0.4, 0.5) is 11.8 Å². The van der Waals surface area contributed by atoms with Crippen molar-refractivity contribution in [2.75, 3.05) is 10.6 Å². The lowest BCUT2D eigenvalue weighted by Crippen LogP contribution is -2.09. The van der Waals surface area contributed by atoms with E-state index in [0.717, 1.165) is 23.6 Å². The molecule has 4 nitrogen and oxygen atoms in total. The zero-order valence-electron chi connectivity index (χ0n) is 14.4. The number of hydrogen-bond donors (Lipinski definition) is 2. The van der Waals surface area contributed by atoms with Crippen molar-refractivity contribution in [3.05, 3.63) is 71.8 Å². The van der Waals surface area contributed by atoms with Gasteiger partial charge in [0, 0.05) is 24.2 Å². The molecule has 4 heteroatoms. The monoisotopic (exact) mass is 330 g/mol. The second kappa shape index (κ2) is 6.93. The van der Waals surface area contributed by atoms with Crippen LogP contribution in [-0.2, 0) is 6.54 Å². The highest BCUT2D eigenvalue weighted by Gasteiger charge is 2.22. The lowest BCUT2D eigenvalue weighted by molar-refractivity contribution is 1.04. The fourth-order valence-corrected chi connectivity index (χ4v) is 2.67. The van der Waals surface area contributed by atoms with Gasteiger partial charge in [-0.2, -0.15) is 4.98 Å². The maximum atomic E-state index is 4.69. The number of aromatic nitrogens is 2. The van der Waals surface area contributed by atoms with Gasteiger partial charge in [-0.15, -0.1) is 0 Å². The van der Waals surface area contributed by atoms with E-state index in [2.05, 4.69) is 63.9 Å². The van der Waals surface area contributed by atoms with E-state index in [4.69, 9.17) is 0 Å². The number of nitrogens with zero attached hydrogens (tertiary/aromatic N) is 2. The minimum atomic E-state index is 0.524. The normalized spacial score (nSPS) is 13.5. The van der Waals surface area contributed by atoms with Gasteiger partial charge in [-0.3, -0.25) is 0 Å². The average molecular weight is 330 g/mol. The van der Waals surface area contributed by atoms with Gasteiger partial charge >= 0.3 is 0 Å². The summed E-state index contributed by atoms with van der Waals surface area (Å²) in [4.78, 5) is 9.33. The van der Waals surface area contributed by atoms with Gasteiger partial charge in [0.2, 0.25) is 5.95 Å². The summed E-state index contributed by atoms with van der Waals surface area (Å²) >= 11 is 0. The Morgan fingerprint density at radius 2 is 1.72 bits per heavy atom. The molecule has 1 heterocycles. The van der Waals surface area contributed by atoms with Gasteiger partial charge in [-0.1, -0.05) is 60.2 Å². The second-order valence-corrected chi connectivity index (χ2v) is 6.59. The predicted molar refractivity (Wildman–Crippen MR) is 103 cm³/mol. The Labute approximate surface area is 148 Å². The Bertz CT molecular complexity index is 840. The Hall–Kier alpha value is -2.88. The van der Waals surface area contributed by atoms with Crippen LogP contribution in [-0.4, -0.2) is 16.0 Å². The SMILES string of the molecule is Cc1ccc(CNc2cc(-c3ccccc3)nc(NC3CC3)n2)cc1. The van der Waals surface area contributed by atoms with Crippen molar-refractivity contribution >= 4 is 11.8 Å². The van der Waals surface area contributed by atoms with Crippen LogP contribution in [0.15, 0.2) is 60.7 Å². The summed E-state index contributed by atoms with van der Waals surface area (Å²) < 4.78 is 0. The number of anilines is 2. The van der Waals surface area contributed by atoms with Gasteiger partial charge in [0.25, 0.3) is 0 Å². The lowest BCUT2D eigenvalue weighted by Gasteiger charge is -2.11. The Morgan fingerprint density at radius 1 is 0.960 bits per heavy atom. The molecule has 0 spiro atoms. The fourth-order valence-electron chi connectivity index (χ4n) is 2.67. The Morgan fingerprint density at radius 3 is 2.44 bits per heavy atom. The third-order valence-electron chi connectivity index (χ3n) is 4.30. The molecular formula is C21H22N4. The van der Waals surface area contributed by atoms with E-state index >= 15 is 0 Å². The van der Waals surface area contributed by atoms with E-state index in [1.165, 1.54) is 24.0 Å². The maximum absolute atomic E-state index is 4.69. The third kappa shape index (κ3) is 4.15. The molecule has 1 aromatic heterocycles. The van der Waals surface area contributed by atoms with Crippen molar-refractivity contribution in [3.63, 3.8) is 0 Å². The molecule has 0 bridgehead atoms. The molecule has 3 aromatic rings. The molecule has 2 N–H and O–H groups in total. The molecule has 1 aliphatic rings. The van der Waals surface area contributed by atoms with E-state index < -0.39 is 0 Å². The molecule has 0 amide bonds. The maximum Gasteiger partial charge on any atom is 0.225 e. The van der Waals surface area contributed by atoms with Gasteiger partial charge in [0.1, 0.15) is 5.82 Å². The number of benzene rings is 2. The smallest absolute Gasteiger partial charge is 0.225 e. The van der Waals surface area contributed by atoms with Gasteiger partial charge in [0.15, 0.2) is 0 Å². The lowest BCUT2D eigenvalue weighted by atomic mass is 10.1. The second-order valence-electron chi connectivity index (χ2n) is 6.59. The van der Waals surface area contributed by atoms with E-state index in [-0.39, 0.29) is 0 Å². The molecule has 0 aliphatic heterocycles. The van der Waals surface area contributed by atoms with Crippen LogP contribution in [0.1, 0.15) is 24.0 Å². The molecular weight excluding hydrogens is 308 g/mol. The van der Waals surface area contributed by atoms with Crippen molar-refractivity contribution < 1.29 is 0 Å². The summed E-state index contributed by atoms with van der Waals surface area (Å²) in [6.45, 7) is 2.85. The molecule has 1 fully saturated rings. The summed E-state index contributed by atoms with van der Waals surface area (Å²) in [6, 6.07) is 21.3. The molecule has 1 saturated carbocycles. The summed E-state index contributed by atoms with van der Waals surface area (Å²) in [7, 11) is 0. The average Bonchev–Trinajstić information content (AvgIpc) is 3.46. The number of nitrogens with one attached hydrogen (secondary N) is 2. The van der Waals surface area contributed by atoms with Gasteiger partial charge < -0.3 is 10.6 Å². The quantitative estimate of drug-likeness (QED) is 0.691. The minimum absolute atomic E-state index is 0.524. The summed E-state index contributed by atoms with van der Waals surface area (Å²) in [6.07, 6.45) is 2.40. The molecule has 2 aromatic carbocycles. The van der Waals surface area contributed by atoms with Crippen molar-refractivity contribution in [2.24, 2.45) is 0 Å². The zero-order valence-corrected chi connectivity index (χ0v) is 14.4. The van der Waals surface area contributed by atoms with Crippen molar-refractivity contribution in [1.29, 1.82) is 0 Å². The number of aryl methyl sites for hydroxylation is 1. The Kier molecular flexibility index (Phi) is 4.34. The molecule has 0 atom stereocenters. The predicted octanol–water partition coefficient (Wildman–Crippen LogP) is 4.64. The molecule has 0 unspecified atom stereocenters. The first-order chi connectivity index (χ1) is 12.3. The van der Waals surface area contributed by atoms with E-state index in [9.17, 15) is 0 Å². The highest BCUT2D eigenvalue weighted by atomic mass is 15.2. The molecule has 4 rings (SSSR count). The molecule has 126 valence electrons. The van der Waals surface area contributed by atoms with Crippen molar-refractivity contribution in [1.82, 2.24) is 9.97 Å². The first kappa shape index (κ1) is 15.6. The van der Waals surface area contributed by atoms with Gasteiger partial charge in [0.05, 0.1) is 5.69 Å². The highest BCUT2D eigenvalue weighted by Crippen LogP contribution is 2.26. The van der Waals surface area contributed by atoms with Crippen LogP contribution >= 0.6 is 0 Å². The van der Waals surface area contributed by atoms with Crippen LogP contribution < -0.4 is 10.6 Å². The van der Waals surface area contributed by atoms with E-state index in [1.54, 1.807) is 0 Å². The zero-order chi connectivity index (χ0) is 17.1. The van der Waals surface area contributed by atoms with E-state index in [0.29, 0.717) is 12.0 Å². The highest BCUT2D eigenvalue weighted by molar-refractivity contribution is 5.64. The topological polar surface area (TPSA) is 49.8 Å². The summed E-state index contributed by atoms with van der Waals surface area (Å²) in [5.41, 5.74) is 4.54. The minimum Gasteiger partial charge on any atom is -0.366 e. The first-order valence-corrected chi connectivity index (χ1v) is 8.77. The fraction of sp³-hybridized carbons (Fsp3) is 0.238. The van der Waals surface area contributed by atoms with Crippen LogP contribution in [0.2, 0.25) is 0 Å². The summed E-state index contributed by atoms with van der Waals surface area (Å²) in [5, 5.41) is 6.84. The molecule has 0 radical (unpaired) electrons. The van der Waals surface area contributed by atoms with Crippen molar-refractivity contribution in [2.45, 2.75) is 32.4 Å². The Balaban J connectivity index is 1.57. The number of rotatable bonds is 6. The molecule has 1 aliphatic carbocycles. The van der Waals surface area contributed by atoms with E-state index in [1.807, 2.05) is 24.3 Å². The van der Waals surface area contributed by atoms with Gasteiger partial charge in [-0.05, 0) is 25.3 Å². The largest absolute Gasteiger partial charge is 0.366 e. The standard InChI is InChI=1S/C21H22N4/c1-15-7-9-16(10-8-15)14-22-20-13-19(17-5-3-2-4-6-17)24-21(25-20)23-18-11-12-18/h2-10,13,18H,11-12,14H2,1H3,(H2,22,23,24,25). The van der Waals surface area contributed by atoms with Crippen LogP contribution in [0.25, 0.3) is 11.3 Å². The molecule has 25 heavy (non-hydrogen) atoms. The first-order valence-electron chi connectivity index (χ1n) is 8.77. The summed E-state index contributed by atoms with van der Waals surface area (Å²) in [5.74, 6) is 1.55.